The van der Waals surface area contributed by atoms with Gasteiger partial charge in [-0.2, -0.15) is 0 Å². The quantitative estimate of drug-likeness (QED) is 0.801. The molecule has 0 saturated heterocycles. The molecule has 1 unspecified atom stereocenters. The molecule has 17 heavy (non-hydrogen) atoms. The summed E-state index contributed by atoms with van der Waals surface area (Å²) in [6.07, 6.45) is 4.52. The topological polar surface area (TPSA) is 68.0 Å². The molecule has 1 heterocycles. The monoisotopic (exact) mass is 233 g/mol. The van der Waals surface area contributed by atoms with Gasteiger partial charge in [0.2, 0.25) is 5.91 Å². The third-order valence-electron chi connectivity index (χ3n) is 3.22. The van der Waals surface area contributed by atoms with E-state index in [0.717, 1.165) is 11.3 Å². The maximum absolute atomic E-state index is 11.7. The summed E-state index contributed by atoms with van der Waals surface area (Å²) in [5.41, 5.74) is 7.92. The highest BCUT2D eigenvalue weighted by atomic mass is 16.1. The van der Waals surface area contributed by atoms with Crippen molar-refractivity contribution >= 4 is 5.91 Å². The van der Waals surface area contributed by atoms with Gasteiger partial charge in [0.1, 0.15) is 0 Å². The summed E-state index contributed by atoms with van der Waals surface area (Å²) in [5.74, 6) is 0.590. The van der Waals surface area contributed by atoms with Crippen LogP contribution in [0.1, 0.15) is 30.5 Å². The molecular weight excluding hydrogens is 214 g/mol. The van der Waals surface area contributed by atoms with Gasteiger partial charge in [-0.05, 0) is 37.3 Å². The van der Waals surface area contributed by atoms with E-state index in [0.29, 0.717) is 18.9 Å². The lowest BCUT2D eigenvalue weighted by Gasteiger charge is -2.11. The van der Waals surface area contributed by atoms with E-state index in [4.69, 9.17) is 5.73 Å². The molecule has 4 heteroatoms. The minimum absolute atomic E-state index is 0.0226. The maximum atomic E-state index is 11.7. The van der Waals surface area contributed by atoms with E-state index in [-0.39, 0.29) is 11.9 Å². The predicted octanol–water partition coefficient (Wildman–Crippen LogP) is 1.13. The third-order valence-corrected chi connectivity index (χ3v) is 3.22. The van der Waals surface area contributed by atoms with E-state index in [1.807, 2.05) is 19.1 Å². The second-order valence-electron chi connectivity index (χ2n) is 4.75. The smallest absolute Gasteiger partial charge is 0.221 e. The standard InChI is InChI=1S/C13H19N3O/c1-9-3-2-6-15-12(9)8-16-13(17)7-11(14)10-4-5-10/h2-3,6,10-11H,4-5,7-8,14H2,1H3,(H,16,17). The van der Waals surface area contributed by atoms with Crippen molar-refractivity contribution in [1.29, 1.82) is 0 Å². The first kappa shape index (κ1) is 12.0. The minimum atomic E-state index is 0.0226. The summed E-state index contributed by atoms with van der Waals surface area (Å²) in [4.78, 5) is 15.9. The number of nitrogens with zero attached hydrogens (tertiary/aromatic N) is 1. The molecule has 0 bridgehead atoms. The second kappa shape index (κ2) is 5.27. The Hall–Kier alpha value is -1.42. The summed E-state index contributed by atoms with van der Waals surface area (Å²) >= 11 is 0. The molecule has 0 spiro atoms. The summed E-state index contributed by atoms with van der Waals surface area (Å²) in [7, 11) is 0. The van der Waals surface area contributed by atoms with Gasteiger partial charge >= 0.3 is 0 Å². The molecule has 0 aliphatic heterocycles. The molecule has 1 atom stereocenters. The lowest BCUT2D eigenvalue weighted by molar-refractivity contribution is -0.121. The van der Waals surface area contributed by atoms with Crippen molar-refractivity contribution in [2.75, 3.05) is 0 Å². The van der Waals surface area contributed by atoms with Crippen LogP contribution < -0.4 is 11.1 Å². The van der Waals surface area contributed by atoms with Crippen molar-refractivity contribution in [3.8, 4) is 0 Å². The van der Waals surface area contributed by atoms with Gasteiger partial charge in [-0.15, -0.1) is 0 Å². The number of amides is 1. The first-order chi connectivity index (χ1) is 8.16. The van der Waals surface area contributed by atoms with E-state index in [1.54, 1.807) is 6.20 Å². The molecule has 2 rings (SSSR count). The van der Waals surface area contributed by atoms with Crippen LogP contribution in [0.25, 0.3) is 0 Å². The highest BCUT2D eigenvalue weighted by molar-refractivity contribution is 5.76. The van der Waals surface area contributed by atoms with Crippen LogP contribution in [-0.2, 0) is 11.3 Å². The summed E-state index contributed by atoms with van der Waals surface area (Å²) in [5, 5.41) is 2.87. The Morgan fingerprint density at radius 3 is 3.06 bits per heavy atom. The van der Waals surface area contributed by atoms with Crippen molar-refractivity contribution < 1.29 is 4.79 Å². The van der Waals surface area contributed by atoms with Gasteiger partial charge in [-0.3, -0.25) is 9.78 Å². The number of nitrogens with two attached hydrogens (primary N) is 1. The highest BCUT2D eigenvalue weighted by Crippen LogP contribution is 2.32. The molecule has 1 saturated carbocycles. The molecule has 1 aromatic rings. The molecular formula is C13H19N3O. The Kier molecular flexibility index (Phi) is 3.74. The Bertz CT molecular complexity index is 401. The van der Waals surface area contributed by atoms with E-state index >= 15 is 0 Å². The number of carbonyl (C=O) groups is 1. The van der Waals surface area contributed by atoms with Crippen molar-refractivity contribution in [1.82, 2.24) is 10.3 Å². The van der Waals surface area contributed by atoms with Gasteiger partial charge in [0.25, 0.3) is 0 Å². The highest BCUT2D eigenvalue weighted by Gasteiger charge is 2.29. The lowest BCUT2D eigenvalue weighted by atomic mass is 10.1. The third kappa shape index (κ3) is 3.53. The van der Waals surface area contributed by atoms with Gasteiger partial charge < -0.3 is 11.1 Å². The fraction of sp³-hybridized carbons (Fsp3) is 0.538. The first-order valence-corrected chi connectivity index (χ1v) is 6.09. The van der Waals surface area contributed by atoms with Gasteiger partial charge in [-0.1, -0.05) is 6.07 Å². The molecule has 1 aliphatic rings. The Morgan fingerprint density at radius 2 is 2.41 bits per heavy atom. The molecule has 1 aliphatic carbocycles. The minimum Gasteiger partial charge on any atom is -0.350 e. The van der Waals surface area contributed by atoms with Crippen molar-refractivity contribution in [2.24, 2.45) is 11.7 Å². The van der Waals surface area contributed by atoms with Crippen LogP contribution in [0.2, 0.25) is 0 Å². The zero-order chi connectivity index (χ0) is 12.3. The number of nitrogens with one attached hydrogen (secondary N) is 1. The van der Waals surface area contributed by atoms with Crippen molar-refractivity contribution in [3.63, 3.8) is 0 Å². The molecule has 1 amide bonds. The summed E-state index contributed by atoms with van der Waals surface area (Å²) < 4.78 is 0. The normalized spacial score (nSPS) is 16.6. The fourth-order valence-corrected chi connectivity index (χ4v) is 1.86. The fourth-order valence-electron chi connectivity index (χ4n) is 1.86. The van der Waals surface area contributed by atoms with Gasteiger partial charge in [-0.25, -0.2) is 0 Å². The maximum Gasteiger partial charge on any atom is 0.221 e. The van der Waals surface area contributed by atoms with Crippen LogP contribution in [0, 0.1) is 12.8 Å². The zero-order valence-electron chi connectivity index (χ0n) is 10.1. The average Bonchev–Trinajstić information content (AvgIpc) is 3.11. The number of rotatable bonds is 5. The average molecular weight is 233 g/mol. The molecule has 1 fully saturated rings. The molecule has 0 aromatic carbocycles. The molecule has 0 radical (unpaired) electrons. The second-order valence-corrected chi connectivity index (χ2v) is 4.75. The van der Waals surface area contributed by atoms with Crippen LogP contribution in [-0.4, -0.2) is 16.9 Å². The largest absolute Gasteiger partial charge is 0.350 e. The molecule has 1 aromatic heterocycles. The zero-order valence-corrected chi connectivity index (χ0v) is 10.1. The number of aryl methyl sites for hydroxylation is 1. The lowest BCUT2D eigenvalue weighted by Crippen LogP contribution is -2.32. The number of hydrogen-bond acceptors (Lipinski definition) is 3. The number of hydrogen-bond donors (Lipinski definition) is 2. The van der Waals surface area contributed by atoms with Crippen LogP contribution in [0.15, 0.2) is 18.3 Å². The summed E-state index contributed by atoms with van der Waals surface area (Å²) in [6.45, 7) is 2.48. The van der Waals surface area contributed by atoms with Crippen molar-refractivity contribution in [2.45, 2.75) is 38.8 Å². The van der Waals surface area contributed by atoms with Crippen LogP contribution in [0.5, 0.6) is 0 Å². The Morgan fingerprint density at radius 1 is 1.65 bits per heavy atom. The Labute approximate surface area is 102 Å². The number of aromatic nitrogens is 1. The van der Waals surface area contributed by atoms with E-state index in [9.17, 15) is 4.79 Å². The van der Waals surface area contributed by atoms with E-state index < -0.39 is 0 Å². The van der Waals surface area contributed by atoms with Crippen LogP contribution >= 0.6 is 0 Å². The van der Waals surface area contributed by atoms with Crippen molar-refractivity contribution in [3.05, 3.63) is 29.6 Å². The number of pyridine rings is 1. The van der Waals surface area contributed by atoms with Gasteiger partial charge in [0.05, 0.1) is 12.2 Å². The van der Waals surface area contributed by atoms with Gasteiger partial charge in [0.15, 0.2) is 0 Å². The predicted molar refractivity (Wildman–Crippen MR) is 66.1 cm³/mol. The molecule has 92 valence electrons. The SMILES string of the molecule is Cc1cccnc1CNC(=O)CC(N)C1CC1. The molecule has 4 nitrogen and oxygen atoms in total. The van der Waals surface area contributed by atoms with E-state index in [1.165, 1.54) is 12.8 Å². The van der Waals surface area contributed by atoms with E-state index in [2.05, 4.69) is 10.3 Å². The number of carbonyl (C=O) groups excluding carboxylic acids is 1. The van der Waals surface area contributed by atoms with Gasteiger partial charge in [0, 0.05) is 18.7 Å². The molecule has 3 N–H and O–H groups in total. The van der Waals surface area contributed by atoms with Crippen LogP contribution in [0.3, 0.4) is 0 Å². The van der Waals surface area contributed by atoms with Crippen LogP contribution in [0.4, 0.5) is 0 Å². The summed E-state index contributed by atoms with van der Waals surface area (Å²) in [6, 6.07) is 3.91. The Balaban J connectivity index is 1.77. The first-order valence-electron chi connectivity index (χ1n) is 6.09.